The molecule has 0 amide bonds. The summed E-state index contributed by atoms with van der Waals surface area (Å²) >= 11 is 0. The van der Waals surface area contributed by atoms with Crippen LogP contribution in [0.4, 0.5) is 0 Å². The molecule has 0 aliphatic heterocycles. The first-order chi connectivity index (χ1) is 9.52. The molecule has 0 atom stereocenters. The monoisotopic (exact) mass is 336 g/mol. The van der Waals surface area contributed by atoms with Crippen LogP contribution in [0, 0.1) is 0 Å². The van der Waals surface area contributed by atoms with Crippen molar-refractivity contribution in [3.8, 4) is 23.0 Å². The minimum atomic E-state index is -0.437. The minimum absolute atomic E-state index is 0. The minimum Gasteiger partial charge on any atom is -0.873 e. The van der Waals surface area contributed by atoms with Crippen molar-refractivity contribution < 1.29 is 39.8 Å². The number of nitrogens with two attached hydrogens (primary N) is 2. The van der Waals surface area contributed by atoms with Crippen molar-refractivity contribution in [1.82, 2.24) is 0 Å². The van der Waals surface area contributed by atoms with Gasteiger partial charge < -0.3 is 31.9 Å². The summed E-state index contributed by atoms with van der Waals surface area (Å²) < 4.78 is 0. The van der Waals surface area contributed by atoms with E-state index in [2.05, 4.69) is 0 Å². The van der Waals surface area contributed by atoms with Crippen LogP contribution >= 0.6 is 0 Å². The van der Waals surface area contributed by atoms with Gasteiger partial charge in [0.1, 0.15) is 0 Å². The van der Waals surface area contributed by atoms with Gasteiger partial charge in [0.25, 0.3) is 0 Å². The molecule has 7 heteroatoms. The number of para-hydroxylation sites is 4. The Labute approximate surface area is 136 Å². The first kappa shape index (κ1) is 21.4. The molecular formula is C14H18N2NiO4. The van der Waals surface area contributed by atoms with Gasteiger partial charge in [-0.2, -0.15) is 0 Å². The molecule has 21 heavy (non-hydrogen) atoms. The van der Waals surface area contributed by atoms with Crippen LogP contribution in [-0.2, 0) is 16.5 Å². The van der Waals surface area contributed by atoms with E-state index in [0.29, 0.717) is 13.1 Å². The van der Waals surface area contributed by atoms with E-state index in [1.807, 2.05) is 0 Å². The van der Waals surface area contributed by atoms with Gasteiger partial charge >= 0.3 is 19.3 Å². The molecule has 0 saturated carbocycles. The van der Waals surface area contributed by atoms with Crippen molar-refractivity contribution in [2.75, 3.05) is 13.1 Å². The summed E-state index contributed by atoms with van der Waals surface area (Å²) in [5.74, 6) is -1.75. The van der Waals surface area contributed by atoms with Crippen molar-refractivity contribution in [1.29, 1.82) is 0 Å². The van der Waals surface area contributed by atoms with Crippen LogP contribution in [0.3, 0.4) is 0 Å². The predicted molar refractivity (Wildman–Crippen MR) is 71.0 cm³/mol. The summed E-state index contributed by atoms with van der Waals surface area (Å²) in [5.41, 5.74) is 9.81. The third kappa shape index (κ3) is 10.5. The molecule has 0 spiro atoms. The van der Waals surface area contributed by atoms with Gasteiger partial charge in [0.15, 0.2) is 0 Å². The smallest absolute Gasteiger partial charge is 0.873 e. The summed E-state index contributed by atoms with van der Waals surface area (Å²) in [6.07, 6.45) is 0. The first-order valence-corrected chi connectivity index (χ1v) is 5.79. The van der Waals surface area contributed by atoms with E-state index in [1.165, 1.54) is 24.3 Å². The van der Waals surface area contributed by atoms with Crippen LogP contribution in [-0.4, -0.2) is 13.1 Å². The zero-order valence-corrected chi connectivity index (χ0v) is 12.1. The van der Waals surface area contributed by atoms with Gasteiger partial charge in [0.2, 0.25) is 0 Å². The van der Waals surface area contributed by atoms with Crippen LogP contribution in [0.2, 0.25) is 0 Å². The quantitative estimate of drug-likeness (QED) is 0.625. The molecule has 118 valence electrons. The summed E-state index contributed by atoms with van der Waals surface area (Å²) in [7, 11) is 0. The molecule has 2 aromatic rings. The maximum atomic E-state index is 10.3. The van der Waals surface area contributed by atoms with E-state index >= 15 is 0 Å². The Kier molecular flexibility index (Phi) is 13.3. The maximum absolute atomic E-state index is 10.3. The third-order valence-electron chi connectivity index (χ3n) is 1.86. The van der Waals surface area contributed by atoms with Crippen LogP contribution in [0.15, 0.2) is 48.5 Å². The second kappa shape index (κ2) is 13.1. The van der Waals surface area contributed by atoms with Crippen molar-refractivity contribution in [3.05, 3.63) is 48.5 Å². The summed E-state index contributed by atoms with van der Waals surface area (Å²) in [6.45, 7) is 1.19. The predicted octanol–water partition coefficient (Wildman–Crippen LogP) is -1.21. The largest absolute Gasteiger partial charge is 2.00 e. The normalized spacial score (nSPS) is 8.29. The Hall–Kier alpha value is -1.95. The molecule has 2 rings (SSSR count). The molecule has 0 bridgehead atoms. The van der Waals surface area contributed by atoms with Crippen molar-refractivity contribution in [2.24, 2.45) is 11.5 Å². The average Bonchev–Trinajstić information content (AvgIpc) is 2.46. The molecule has 0 aromatic heterocycles. The van der Waals surface area contributed by atoms with Gasteiger partial charge in [-0.3, -0.25) is 0 Å². The van der Waals surface area contributed by atoms with Crippen molar-refractivity contribution >= 4 is 0 Å². The van der Waals surface area contributed by atoms with E-state index in [-0.39, 0.29) is 19.3 Å². The average molecular weight is 337 g/mol. The SMILES string of the molecule is NCCN.[H+].[H+].[Ni+2].[O-]c1ccccc1[O-].[O-]c1ccccc1[O-]. The molecule has 0 fully saturated rings. The van der Waals surface area contributed by atoms with Crippen LogP contribution in [0.25, 0.3) is 0 Å². The van der Waals surface area contributed by atoms with Crippen molar-refractivity contribution in [3.63, 3.8) is 0 Å². The molecule has 0 unspecified atom stereocenters. The molecule has 0 radical (unpaired) electrons. The van der Waals surface area contributed by atoms with Gasteiger partial charge in [-0.25, -0.2) is 0 Å². The fourth-order valence-corrected chi connectivity index (χ4v) is 0.900. The van der Waals surface area contributed by atoms with Crippen LogP contribution < -0.4 is 31.9 Å². The number of benzene rings is 2. The molecule has 2 aromatic carbocycles. The van der Waals surface area contributed by atoms with E-state index in [4.69, 9.17) is 11.5 Å². The molecule has 0 saturated heterocycles. The third-order valence-corrected chi connectivity index (χ3v) is 1.86. The van der Waals surface area contributed by atoms with Gasteiger partial charge in [-0.1, -0.05) is 48.5 Å². The molecule has 6 nitrogen and oxygen atoms in total. The van der Waals surface area contributed by atoms with E-state index in [9.17, 15) is 20.4 Å². The van der Waals surface area contributed by atoms with Gasteiger partial charge in [-0.15, -0.1) is 23.0 Å². The molecule has 0 aliphatic carbocycles. The van der Waals surface area contributed by atoms with Gasteiger partial charge in [0, 0.05) is 13.1 Å². The zero-order chi connectivity index (χ0) is 15.4. The summed E-state index contributed by atoms with van der Waals surface area (Å²) in [6, 6.07) is 11.2. The fraction of sp³-hybridized carbons (Fsp3) is 0.143. The summed E-state index contributed by atoms with van der Waals surface area (Å²) in [5, 5.41) is 41.2. The van der Waals surface area contributed by atoms with Crippen molar-refractivity contribution in [2.45, 2.75) is 0 Å². The van der Waals surface area contributed by atoms with Crippen LogP contribution in [0.1, 0.15) is 2.85 Å². The van der Waals surface area contributed by atoms with Gasteiger partial charge in [0.05, 0.1) is 0 Å². The van der Waals surface area contributed by atoms with E-state index in [1.54, 1.807) is 24.3 Å². The second-order valence-electron chi connectivity index (χ2n) is 3.47. The Bertz CT molecular complexity index is 420. The van der Waals surface area contributed by atoms with Crippen LogP contribution in [0.5, 0.6) is 23.0 Å². The van der Waals surface area contributed by atoms with E-state index < -0.39 is 23.0 Å². The number of rotatable bonds is 1. The zero-order valence-electron chi connectivity index (χ0n) is 13.1. The second-order valence-corrected chi connectivity index (χ2v) is 3.47. The molecule has 0 heterocycles. The van der Waals surface area contributed by atoms with Gasteiger partial charge in [-0.05, 0) is 0 Å². The number of hydrogen-bond acceptors (Lipinski definition) is 6. The number of hydrogen-bond donors (Lipinski definition) is 2. The Morgan fingerprint density at radius 1 is 0.619 bits per heavy atom. The Morgan fingerprint density at radius 2 is 0.810 bits per heavy atom. The fourth-order valence-electron chi connectivity index (χ4n) is 0.900. The topological polar surface area (TPSA) is 144 Å². The molecule has 0 aliphatic rings. The molecular weight excluding hydrogens is 319 g/mol. The molecule has 4 N–H and O–H groups in total. The first-order valence-electron chi connectivity index (χ1n) is 5.79. The maximum Gasteiger partial charge on any atom is 2.00 e. The Balaban J connectivity index is -0.000000116. The Morgan fingerprint density at radius 3 is 0.905 bits per heavy atom. The standard InChI is InChI=1S/2C6H6O2.C2H8N2.Ni/c2*7-5-3-1-2-4-6(5)8;3-1-2-4;/h2*1-4,7-8H;1-4H2;/q;;;+2/p-2. The summed E-state index contributed by atoms with van der Waals surface area (Å²) in [4.78, 5) is 0. The van der Waals surface area contributed by atoms with E-state index in [0.717, 1.165) is 0 Å².